The van der Waals surface area contributed by atoms with Crippen molar-refractivity contribution in [2.24, 2.45) is 0 Å². The molecule has 0 spiro atoms. The molecule has 1 aliphatic rings. The molecule has 4 nitrogen and oxygen atoms in total. The average Bonchev–Trinajstić information content (AvgIpc) is 2.57. The maximum absolute atomic E-state index is 12.5. The highest BCUT2D eigenvalue weighted by molar-refractivity contribution is 5.96. The zero-order valence-corrected chi connectivity index (χ0v) is 13.9. The Morgan fingerprint density at radius 2 is 1.83 bits per heavy atom. The van der Waals surface area contributed by atoms with E-state index in [9.17, 15) is 9.90 Å². The molecule has 126 valence electrons. The minimum absolute atomic E-state index is 0.133. The number of ether oxygens (including phenoxy) is 1. The standard InChI is InChI=1S/C20H23NO3/c1-20(23,15-8-3-2-4-9-15)14-21-19(22)17-12-5-6-13-18(17)24-16-10-7-11-16/h2-6,8-9,12-13,16,23H,7,10-11,14H2,1H3,(H,21,22). The Bertz CT molecular complexity index is 693. The van der Waals surface area contributed by atoms with Crippen LogP contribution in [0.1, 0.15) is 42.1 Å². The maximum atomic E-state index is 12.5. The van der Waals surface area contributed by atoms with Gasteiger partial charge in [-0.2, -0.15) is 0 Å². The molecular weight excluding hydrogens is 302 g/mol. The van der Waals surface area contributed by atoms with Gasteiger partial charge in [-0.25, -0.2) is 0 Å². The second-order valence-corrected chi connectivity index (χ2v) is 6.49. The van der Waals surface area contributed by atoms with Crippen molar-refractivity contribution in [3.8, 4) is 5.75 Å². The molecule has 24 heavy (non-hydrogen) atoms. The van der Waals surface area contributed by atoms with Gasteiger partial charge >= 0.3 is 0 Å². The Balaban J connectivity index is 1.67. The number of benzene rings is 2. The second kappa shape index (κ2) is 7.05. The summed E-state index contributed by atoms with van der Waals surface area (Å²) in [6.07, 6.45) is 3.47. The van der Waals surface area contributed by atoms with Gasteiger partial charge in [0, 0.05) is 0 Å². The van der Waals surface area contributed by atoms with E-state index in [0.29, 0.717) is 11.3 Å². The van der Waals surface area contributed by atoms with E-state index >= 15 is 0 Å². The zero-order valence-electron chi connectivity index (χ0n) is 13.9. The first-order valence-electron chi connectivity index (χ1n) is 8.38. The number of carbonyl (C=O) groups excluding carboxylic acids is 1. The van der Waals surface area contributed by atoms with Crippen LogP contribution >= 0.6 is 0 Å². The summed E-state index contributed by atoms with van der Waals surface area (Å²) in [6, 6.07) is 16.6. The molecule has 1 amide bonds. The van der Waals surface area contributed by atoms with Crippen LogP contribution in [-0.4, -0.2) is 23.7 Å². The molecule has 2 N–H and O–H groups in total. The summed E-state index contributed by atoms with van der Waals surface area (Å²) in [5.41, 5.74) is 0.151. The van der Waals surface area contributed by atoms with Crippen molar-refractivity contribution in [1.29, 1.82) is 0 Å². The van der Waals surface area contributed by atoms with E-state index in [2.05, 4.69) is 5.32 Å². The SMILES string of the molecule is CC(O)(CNC(=O)c1ccccc1OC1CCC1)c1ccccc1. The molecule has 0 radical (unpaired) electrons. The van der Waals surface area contributed by atoms with Crippen LogP contribution in [0, 0.1) is 0 Å². The third kappa shape index (κ3) is 3.77. The van der Waals surface area contributed by atoms with E-state index in [1.54, 1.807) is 13.0 Å². The summed E-state index contributed by atoms with van der Waals surface area (Å²) in [6.45, 7) is 1.83. The minimum Gasteiger partial charge on any atom is -0.490 e. The Morgan fingerprint density at radius 3 is 2.50 bits per heavy atom. The summed E-state index contributed by atoms with van der Waals surface area (Å²) in [5.74, 6) is 0.375. The van der Waals surface area contributed by atoms with Gasteiger partial charge in [0.25, 0.3) is 5.91 Å². The molecule has 0 saturated heterocycles. The molecule has 1 aliphatic carbocycles. The number of hydrogen-bond donors (Lipinski definition) is 2. The molecule has 0 aromatic heterocycles. The van der Waals surface area contributed by atoms with Gasteiger partial charge in [-0.05, 0) is 43.9 Å². The van der Waals surface area contributed by atoms with Crippen molar-refractivity contribution in [1.82, 2.24) is 5.32 Å². The van der Waals surface area contributed by atoms with Crippen molar-refractivity contribution in [3.63, 3.8) is 0 Å². The third-order valence-electron chi connectivity index (χ3n) is 4.47. The van der Waals surface area contributed by atoms with Crippen LogP contribution in [0.4, 0.5) is 0 Å². The summed E-state index contributed by atoms with van der Waals surface area (Å²) < 4.78 is 5.90. The lowest BCUT2D eigenvalue weighted by molar-refractivity contribution is 0.0523. The van der Waals surface area contributed by atoms with Gasteiger partial charge in [0.05, 0.1) is 18.2 Å². The number of amides is 1. The van der Waals surface area contributed by atoms with Crippen LogP contribution < -0.4 is 10.1 Å². The highest BCUT2D eigenvalue weighted by atomic mass is 16.5. The summed E-state index contributed by atoms with van der Waals surface area (Å²) in [5, 5.41) is 13.4. The summed E-state index contributed by atoms with van der Waals surface area (Å²) >= 11 is 0. The van der Waals surface area contributed by atoms with Crippen molar-refractivity contribution in [3.05, 3.63) is 65.7 Å². The van der Waals surface area contributed by atoms with Crippen LogP contribution in [-0.2, 0) is 5.60 Å². The van der Waals surface area contributed by atoms with Crippen molar-refractivity contribution >= 4 is 5.91 Å². The Morgan fingerprint density at radius 1 is 1.17 bits per heavy atom. The highest BCUT2D eigenvalue weighted by Crippen LogP contribution is 2.27. The number of para-hydroxylation sites is 1. The predicted octanol–water partition coefficient (Wildman–Crippen LogP) is 3.26. The first-order chi connectivity index (χ1) is 11.6. The number of nitrogens with one attached hydrogen (secondary N) is 1. The van der Waals surface area contributed by atoms with Gasteiger partial charge in [0.1, 0.15) is 11.4 Å². The van der Waals surface area contributed by atoms with E-state index < -0.39 is 5.60 Å². The molecular formula is C20H23NO3. The summed E-state index contributed by atoms with van der Waals surface area (Å²) in [4.78, 5) is 12.5. The quantitative estimate of drug-likeness (QED) is 0.857. The number of rotatable bonds is 6. The van der Waals surface area contributed by atoms with Crippen LogP contribution in [0.2, 0.25) is 0 Å². The molecule has 0 heterocycles. The molecule has 1 saturated carbocycles. The average molecular weight is 325 g/mol. The van der Waals surface area contributed by atoms with E-state index in [1.807, 2.05) is 48.5 Å². The Hall–Kier alpha value is -2.33. The highest BCUT2D eigenvalue weighted by Gasteiger charge is 2.25. The molecule has 4 heteroatoms. The van der Waals surface area contributed by atoms with Gasteiger partial charge < -0.3 is 15.2 Å². The number of hydrogen-bond acceptors (Lipinski definition) is 3. The molecule has 1 atom stereocenters. The van der Waals surface area contributed by atoms with Gasteiger partial charge in [-0.3, -0.25) is 4.79 Å². The lowest BCUT2D eigenvalue weighted by atomic mass is 9.95. The van der Waals surface area contributed by atoms with Crippen molar-refractivity contribution < 1.29 is 14.6 Å². The van der Waals surface area contributed by atoms with Gasteiger partial charge in [0.15, 0.2) is 0 Å². The van der Waals surface area contributed by atoms with Crippen LogP contribution in [0.3, 0.4) is 0 Å². The Kier molecular flexibility index (Phi) is 4.86. The van der Waals surface area contributed by atoms with Crippen LogP contribution in [0.5, 0.6) is 5.75 Å². The largest absolute Gasteiger partial charge is 0.490 e. The molecule has 3 rings (SSSR count). The molecule has 0 aliphatic heterocycles. The van der Waals surface area contributed by atoms with E-state index in [4.69, 9.17) is 4.74 Å². The zero-order chi connectivity index (χ0) is 17.0. The van der Waals surface area contributed by atoms with Gasteiger partial charge in [-0.1, -0.05) is 42.5 Å². The van der Waals surface area contributed by atoms with E-state index in [1.165, 1.54) is 6.42 Å². The molecule has 2 aromatic carbocycles. The minimum atomic E-state index is -1.12. The summed E-state index contributed by atoms with van der Waals surface area (Å²) in [7, 11) is 0. The number of carbonyl (C=O) groups is 1. The fourth-order valence-corrected chi connectivity index (χ4v) is 2.67. The molecule has 2 aromatic rings. The molecule has 0 bridgehead atoms. The first-order valence-corrected chi connectivity index (χ1v) is 8.38. The molecule has 1 fully saturated rings. The fraction of sp³-hybridized carbons (Fsp3) is 0.350. The first kappa shape index (κ1) is 16.5. The van der Waals surface area contributed by atoms with Crippen LogP contribution in [0.15, 0.2) is 54.6 Å². The molecule has 1 unspecified atom stereocenters. The van der Waals surface area contributed by atoms with Crippen LogP contribution in [0.25, 0.3) is 0 Å². The van der Waals surface area contributed by atoms with Gasteiger partial charge in [0.2, 0.25) is 0 Å². The van der Waals surface area contributed by atoms with Gasteiger partial charge in [-0.15, -0.1) is 0 Å². The lowest BCUT2D eigenvalue weighted by Gasteiger charge is -2.28. The predicted molar refractivity (Wildman–Crippen MR) is 93.1 cm³/mol. The van der Waals surface area contributed by atoms with Crippen molar-refractivity contribution in [2.75, 3.05) is 6.54 Å². The topological polar surface area (TPSA) is 58.6 Å². The fourth-order valence-electron chi connectivity index (χ4n) is 2.67. The Labute approximate surface area is 142 Å². The maximum Gasteiger partial charge on any atom is 0.255 e. The van der Waals surface area contributed by atoms with E-state index in [-0.39, 0.29) is 18.6 Å². The normalized spacial score (nSPS) is 16.8. The monoisotopic (exact) mass is 325 g/mol. The second-order valence-electron chi connectivity index (χ2n) is 6.49. The van der Waals surface area contributed by atoms with Crippen molar-refractivity contribution in [2.45, 2.75) is 37.9 Å². The lowest BCUT2D eigenvalue weighted by Crippen LogP contribution is -2.38. The third-order valence-corrected chi connectivity index (χ3v) is 4.47. The van der Waals surface area contributed by atoms with E-state index in [0.717, 1.165) is 18.4 Å². The smallest absolute Gasteiger partial charge is 0.255 e. The number of aliphatic hydroxyl groups is 1.